The van der Waals surface area contributed by atoms with Crippen LogP contribution in [0.25, 0.3) is 11.3 Å². The summed E-state index contributed by atoms with van der Waals surface area (Å²) in [4.78, 5) is 14.0. The van der Waals surface area contributed by atoms with Gasteiger partial charge in [-0.05, 0) is 35.9 Å². The van der Waals surface area contributed by atoms with E-state index in [-0.39, 0.29) is 5.56 Å². The molecule has 0 fully saturated rings. The molecule has 0 unspecified atom stereocenters. The Labute approximate surface area is 175 Å². The summed E-state index contributed by atoms with van der Waals surface area (Å²) >= 11 is 13.7. The van der Waals surface area contributed by atoms with Gasteiger partial charge in [-0.2, -0.15) is 5.10 Å². The second-order valence-corrected chi connectivity index (χ2v) is 8.38. The maximum Gasteiger partial charge on any atom is 0.260 e. The Morgan fingerprint density at radius 1 is 1.11 bits per heavy atom. The lowest BCUT2D eigenvalue weighted by Crippen LogP contribution is -2.21. The molecule has 0 amide bonds. The number of rotatable bonds is 6. The first-order valence-corrected chi connectivity index (χ1v) is 10.1. The Bertz CT molecular complexity index is 1160. The van der Waals surface area contributed by atoms with Crippen LogP contribution in [0.4, 0.5) is 5.82 Å². The number of nitrogens with zero attached hydrogens (tertiary/aromatic N) is 2. The summed E-state index contributed by atoms with van der Waals surface area (Å²) in [6, 6.07) is 16.8. The molecule has 0 radical (unpaired) electrons. The van der Waals surface area contributed by atoms with E-state index in [1.165, 1.54) is 11.3 Å². The van der Waals surface area contributed by atoms with Crippen molar-refractivity contribution in [1.29, 1.82) is 0 Å². The largest absolute Gasteiger partial charge is 0.366 e. The van der Waals surface area contributed by atoms with Crippen LogP contribution in [0.3, 0.4) is 0 Å². The van der Waals surface area contributed by atoms with Gasteiger partial charge in [0, 0.05) is 22.2 Å². The van der Waals surface area contributed by atoms with Crippen LogP contribution in [0, 0.1) is 0 Å². The lowest BCUT2D eigenvalue weighted by molar-refractivity contribution is 0.761. The van der Waals surface area contributed by atoms with Crippen LogP contribution < -0.4 is 10.9 Å². The van der Waals surface area contributed by atoms with Gasteiger partial charge in [0.15, 0.2) is 0 Å². The Morgan fingerprint density at radius 2 is 1.96 bits per heavy atom. The molecular weight excluding hydrogens is 415 g/mol. The molecule has 0 aliphatic rings. The van der Waals surface area contributed by atoms with Gasteiger partial charge in [-0.25, -0.2) is 0 Å². The predicted molar refractivity (Wildman–Crippen MR) is 115 cm³/mol. The van der Waals surface area contributed by atoms with Crippen molar-refractivity contribution in [2.75, 3.05) is 5.32 Å². The quantitative estimate of drug-likeness (QED) is 0.437. The molecule has 0 bridgehead atoms. The molecule has 2 N–H and O–H groups in total. The van der Waals surface area contributed by atoms with E-state index < -0.39 is 0 Å². The van der Waals surface area contributed by atoms with Crippen LogP contribution in [0.15, 0.2) is 65.6 Å². The summed E-state index contributed by atoms with van der Waals surface area (Å²) < 4.78 is 2.39. The molecule has 0 aliphatic heterocycles. The first-order valence-electron chi connectivity index (χ1n) is 8.57. The van der Waals surface area contributed by atoms with E-state index >= 15 is 0 Å². The number of nitrogens with one attached hydrogen (secondary N) is 2. The Kier molecular flexibility index (Phi) is 5.52. The zero-order valence-corrected chi connectivity index (χ0v) is 17.0. The second kappa shape index (κ2) is 8.22. The third kappa shape index (κ3) is 4.14. The van der Waals surface area contributed by atoms with E-state index in [1.54, 1.807) is 16.8 Å². The summed E-state index contributed by atoms with van der Waals surface area (Å²) in [5.41, 5.74) is 1.89. The number of hydrogen-bond acceptors (Lipinski definition) is 4. The summed E-state index contributed by atoms with van der Waals surface area (Å²) in [6.07, 6.45) is 1.75. The number of H-pyrrole nitrogens is 1. The third-order valence-corrected chi connectivity index (χ3v) is 5.85. The van der Waals surface area contributed by atoms with Crippen molar-refractivity contribution in [3.8, 4) is 11.3 Å². The van der Waals surface area contributed by atoms with E-state index in [2.05, 4.69) is 15.5 Å². The summed E-state index contributed by atoms with van der Waals surface area (Å²) in [7, 11) is 0. The van der Waals surface area contributed by atoms with Gasteiger partial charge in [0.25, 0.3) is 5.56 Å². The zero-order valence-electron chi connectivity index (χ0n) is 14.7. The van der Waals surface area contributed by atoms with Crippen LogP contribution >= 0.6 is 34.5 Å². The van der Waals surface area contributed by atoms with Crippen molar-refractivity contribution in [3.63, 3.8) is 0 Å². The maximum atomic E-state index is 12.9. The van der Waals surface area contributed by atoms with Crippen LogP contribution in [0.2, 0.25) is 9.36 Å². The lowest BCUT2D eigenvalue weighted by atomic mass is 10.2. The van der Waals surface area contributed by atoms with Gasteiger partial charge >= 0.3 is 0 Å². The molecule has 3 heterocycles. The highest BCUT2D eigenvalue weighted by Gasteiger charge is 2.11. The van der Waals surface area contributed by atoms with Crippen molar-refractivity contribution in [1.82, 2.24) is 14.8 Å². The average molecular weight is 431 g/mol. The van der Waals surface area contributed by atoms with Crippen molar-refractivity contribution in [2.24, 2.45) is 0 Å². The number of aromatic nitrogens is 3. The highest BCUT2D eigenvalue weighted by Crippen LogP contribution is 2.23. The first kappa shape index (κ1) is 18.8. The van der Waals surface area contributed by atoms with Crippen molar-refractivity contribution in [3.05, 3.63) is 90.9 Å². The normalized spacial score (nSPS) is 10.9. The molecule has 5 nitrogen and oxygen atoms in total. The van der Waals surface area contributed by atoms with Gasteiger partial charge in [0.05, 0.1) is 28.7 Å². The third-order valence-electron chi connectivity index (χ3n) is 4.25. The molecule has 0 saturated carbocycles. The number of hydrogen-bond donors (Lipinski definition) is 2. The highest BCUT2D eigenvalue weighted by molar-refractivity contribution is 7.16. The van der Waals surface area contributed by atoms with Crippen molar-refractivity contribution < 1.29 is 0 Å². The molecule has 0 aliphatic carbocycles. The van der Waals surface area contributed by atoms with Gasteiger partial charge in [-0.15, -0.1) is 11.3 Å². The Morgan fingerprint density at radius 3 is 2.75 bits per heavy atom. The van der Waals surface area contributed by atoms with E-state index in [0.29, 0.717) is 29.4 Å². The molecule has 0 saturated heterocycles. The molecule has 28 heavy (non-hydrogen) atoms. The van der Waals surface area contributed by atoms with E-state index in [1.807, 2.05) is 48.5 Å². The monoisotopic (exact) mass is 430 g/mol. The number of aromatic amines is 1. The van der Waals surface area contributed by atoms with Gasteiger partial charge in [0.2, 0.25) is 0 Å². The van der Waals surface area contributed by atoms with E-state index in [9.17, 15) is 4.79 Å². The molecule has 3 aromatic heterocycles. The number of anilines is 1. The van der Waals surface area contributed by atoms with E-state index in [0.717, 1.165) is 20.6 Å². The minimum Gasteiger partial charge on any atom is -0.366 e. The predicted octanol–water partition coefficient (Wildman–Crippen LogP) is 5.27. The summed E-state index contributed by atoms with van der Waals surface area (Å²) in [5.74, 6) is 0.737. The standard InChI is InChI=1S/C20H16Cl2N4OS/c21-16-6-2-1-4-13(16)12-26-9-3-5-15(20(26)27)17-10-19(25-24-17)23-11-14-7-8-18(22)28-14/h1-10H,11-12H2,(H2,23,24,25). The van der Waals surface area contributed by atoms with Crippen molar-refractivity contribution >= 4 is 40.4 Å². The zero-order chi connectivity index (χ0) is 19.5. The molecule has 142 valence electrons. The number of benzene rings is 1. The van der Waals surface area contributed by atoms with Crippen LogP contribution in [-0.4, -0.2) is 14.8 Å². The molecule has 4 rings (SSSR count). The highest BCUT2D eigenvalue weighted by atomic mass is 35.5. The number of halogens is 2. The number of thiophene rings is 1. The Hall–Kier alpha value is -2.54. The van der Waals surface area contributed by atoms with Crippen LogP contribution in [-0.2, 0) is 13.1 Å². The van der Waals surface area contributed by atoms with E-state index in [4.69, 9.17) is 23.2 Å². The smallest absolute Gasteiger partial charge is 0.260 e. The van der Waals surface area contributed by atoms with Crippen molar-refractivity contribution in [2.45, 2.75) is 13.1 Å². The molecular formula is C20H16Cl2N4OS. The SMILES string of the molecule is O=c1c(-c2cc(NCc3ccc(Cl)s3)[nH]n2)cccn1Cc1ccccc1Cl. The fraction of sp³-hybridized carbons (Fsp3) is 0.100. The van der Waals surface area contributed by atoms with Crippen LogP contribution in [0.1, 0.15) is 10.4 Å². The Balaban J connectivity index is 1.54. The van der Waals surface area contributed by atoms with Crippen LogP contribution in [0.5, 0.6) is 0 Å². The lowest BCUT2D eigenvalue weighted by Gasteiger charge is -2.08. The fourth-order valence-corrected chi connectivity index (χ4v) is 4.07. The molecule has 0 atom stereocenters. The average Bonchev–Trinajstić information content (AvgIpc) is 3.32. The summed E-state index contributed by atoms with van der Waals surface area (Å²) in [6.45, 7) is 1.03. The molecule has 1 aromatic carbocycles. The molecule has 8 heteroatoms. The molecule has 0 spiro atoms. The second-order valence-electron chi connectivity index (χ2n) is 6.17. The van der Waals surface area contributed by atoms with Gasteiger partial charge in [0.1, 0.15) is 5.82 Å². The number of pyridine rings is 1. The minimum atomic E-state index is -0.120. The maximum absolute atomic E-state index is 12.9. The topological polar surface area (TPSA) is 62.7 Å². The minimum absolute atomic E-state index is 0.120. The van der Waals surface area contributed by atoms with Gasteiger partial charge < -0.3 is 9.88 Å². The fourth-order valence-electron chi connectivity index (χ4n) is 2.85. The van der Waals surface area contributed by atoms with Gasteiger partial charge in [-0.1, -0.05) is 41.4 Å². The molecule has 4 aromatic rings. The van der Waals surface area contributed by atoms with Gasteiger partial charge in [-0.3, -0.25) is 9.89 Å². The summed E-state index contributed by atoms with van der Waals surface area (Å²) in [5, 5.41) is 11.1. The first-order chi connectivity index (χ1) is 13.6.